The summed E-state index contributed by atoms with van der Waals surface area (Å²) in [7, 11) is 0. The zero-order valence-electron chi connectivity index (χ0n) is 14.2. The van der Waals surface area contributed by atoms with E-state index in [-0.39, 0.29) is 24.0 Å². The van der Waals surface area contributed by atoms with Crippen molar-refractivity contribution in [2.24, 2.45) is 10.7 Å². The Balaban J connectivity index is 0.00000225. The Bertz CT molecular complexity index is 756. The van der Waals surface area contributed by atoms with Crippen LogP contribution in [0.15, 0.2) is 53.5 Å². The molecule has 130 valence electrons. The van der Waals surface area contributed by atoms with E-state index < -0.39 is 0 Å². The molecule has 4 nitrogen and oxygen atoms in total. The standard InChI is InChI=1S/C20H22N4.HI/c21-14-18-6-2-3-7-19(18)17-10-8-16(9-11-17)15-23-20(22)24-12-4-1-5-13-24;/h2-3,6-11H,1,4-5,12-13,15H2,(H2,22,23);1H. The first-order valence-electron chi connectivity index (χ1n) is 8.41. The summed E-state index contributed by atoms with van der Waals surface area (Å²) in [6.45, 7) is 2.61. The highest BCUT2D eigenvalue weighted by Crippen LogP contribution is 2.23. The van der Waals surface area contributed by atoms with Crippen molar-refractivity contribution in [3.8, 4) is 17.2 Å². The molecule has 0 saturated carbocycles. The first kappa shape index (κ1) is 19.3. The number of aliphatic imine (C=N–C) groups is 1. The minimum atomic E-state index is 0. The quantitative estimate of drug-likeness (QED) is 0.438. The third kappa shape index (κ3) is 4.95. The van der Waals surface area contributed by atoms with Gasteiger partial charge in [-0.2, -0.15) is 5.26 Å². The Kier molecular flexibility index (Phi) is 7.26. The van der Waals surface area contributed by atoms with E-state index in [1.165, 1.54) is 19.3 Å². The molecule has 0 aromatic heterocycles. The van der Waals surface area contributed by atoms with E-state index in [0.29, 0.717) is 18.1 Å². The number of nitrogens with zero attached hydrogens (tertiary/aromatic N) is 3. The van der Waals surface area contributed by atoms with Crippen molar-refractivity contribution in [1.29, 1.82) is 5.26 Å². The lowest BCUT2D eigenvalue weighted by atomic mass is 9.99. The second-order valence-electron chi connectivity index (χ2n) is 6.08. The molecule has 0 amide bonds. The fourth-order valence-electron chi connectivity index (χ4n) is 3.02. The van der Waals surface area contributed by atoms with Crippen molar-refractivity contribution in [2.45, 2.75) is 25.8 Å². The van der Waals surface area contributed by atoms with Crippen molar-refractivity contribution in [3.05, 3.63) is 59.7 Å². The molecule has 1 fully saturated rings. The highest BCUT2D eigenvalue weighted by molar-refractivity contribution is 14.0. The molecule has 1 aliphatic heterocycles. The molecular weight excluding hydrogens is 423 g/mol. The number of hydrogen-bond acceptors (Lipinski definition) is 2. The van der Waals surface area contributed by atoms with Gasteiger partial charge in [0.25, 0.3) is 0 Å². The molecule has 0 spiro atoms. The topological polar surface area (TPSA) is 65.4 Å². The first-order valence-corrected chi connectivity index (χ1v) is 8.41. The highest BCUT2D eigenvalue weighted by atomic mass is 127. The smallest absolute Gasteiger partial charge is 0.191 e. The molecule has 0 atom stereocenters. The minimum absolute atomic E-state index is 0. The van der Waals surface area contributed by atoms with E-state index in [1.54, 1.807) is 0 Å². The molecule has 2 N–H and O–H groups in total. The Morgan fingerprint density at radius 3 is 2.40 bits per heavy atom. The van der Waals surface area contributed by atoms with Gasteiger partial charge in [0.2, 0.25) is 0 Å². The van der Waals surface area contributed by atoms with Crippen LogP contribution in [0.2, 0.25) is 0 Å². The average Bonchev–Trinajstić information content (AvgIpc) is 2.67. The largest absolute Gasteiger partial charge is 0.370 e. The third-order valence-electron chi connectivity index (χ3n) is 4.42. The van der Waals surface area contributed by atoms with E-state index in [9.17, 15) is 5.26 Å². The van der Waals surface area contributed by atoms with Gasteiger partial charge in [-0.3, -0.25) is 0 Å². The molecule has 1 aliphatic rings. The third-order valence-corrected chi connectivity index (χ3v) is 4.42. The van der Waals surface area contributed by atoms with Gasteiger partial charge in [0.1, 0.15) is 0 Å². The maximum absolute atomic E-state index is 9.22. The summed E-state index contributed by atoms with van der Waals surface area (Å²) in [5.41, 5.74) is 9.91. The number of guanidine groups is 1. The molecule has 1 heterocycles. The van der Waals surface area contributed by atoms with E-state index in [1.807, 2.05) is 36.4 Å². The predicted molar refractivity (Wildman–Crippen MR) is 113 cm³/mol. The molecule has 0 bridgehead atoms. The van der Waals surface area contributed by atoms with Crippen LogP contribution in [-0.4, -0.2) is 23.9 Å². The van der Waals surface area contributed by atoms with Crippen LogP contribution in [-0.2, 0) is 6.54 Å². The lowest BCUT2D eigenvalue weighted by Crippen LogP contribution is -2.40. The number of benzene rings is 2. The Labute approximate surface area is 166 Å². The molecule has 0 radical (unpaired) electrons. The molecule has 25 heavy (non-hydrogen) atoms. The number of halogens is 1. The summed E-state index contributed by atoms with van der Waals surface area (Å²) in [6, 6.07) is 18.1. The Morgan fingerprint density at radius 2 is 1.72 bits per heavy atom. The average molecular weight is 446 g/mol. The van der Waals surface area contributed by atoms with Gasteiger partial charge in [-0.25, -0.2) is 4.99 Å². The highest BCUT2D eigenvalue weighted by Gasteiger charge is 2.11. The summed E-state index contributed by atoms with van der Waals surface area (Å²) in [5, 5.41) is 9.22. The number of hydrogen-bond donors (Lipinski definition) is 1. The Morgan fingerprint density at radius 1 is 1.04 bits per heavy atom. The van der Waals surface area contributed by atoms with E-state index in [4.69, 9.17) is 5.73 Å². The summed E-state index contributed by atoms with van der Waals surface area (Å²) >= 11 is 0. The molecule has 3 rings (SSSR count). The predicted octanol–water partition coefficient (Wildman–Crippen LogP) is 4.14. The SMILES string of the molecule is I.N#Cc1ccccc1-c1ccc(CN=C(N)N2CCCCC2)cc1. The van der Waals surface area contributed by atoms with Gasteiger partial charge in [-0.15, -0.1) is 24.0 Å². The van der Waals surface area contributed by atoms with E-state index in [0.717, 1.165) is 29.8 Å². The number of likely N-dealkylation sites (tertiary alicyclic amines) is 1. The molecule has 2 aromatic rings. The van der Waals surface area contributed by atoms with Crippen LogP contribution in [0.4, 0.5) is 0 Å². The molecule has 0 unspecified atom stereocenters. The maximum atomic E-state index is 9.22. The summed E-state index contributed by atoms with van der Waals surface area (Å²) in [6.07, 6.45) is 3.68. The maximum Gasteiger partial charge on any atom is 0.191 e. The lowest BCUT2D eigenvalue weighted by Gasteiger charge is -2.27. The zero-order valence-corrected chi connectivity index (χ0v) is 16.5. The number of nitrogens with two attached hydrogens (primary N) is 1. The van der Waals surface area contributed by atoms with Gasteiger partial charge in [0.15, 0.2) is 5.96 Å². The van der Waals surface area contributed by atoms with Crippen molar-refractivity contribution in [2.75, 3.05) is 13.1 Å². The van der Waals surface area contributed by atoms with Gasteiger partial charge in [0.05, 0.1) is 18.2 Å². The van der Waals surface area contributed by atoms with Crippen molar-refractivity contribution >= 4 is 29.9 Å². The van der Waals surface area contributed by atoms with E-state index >= 15 is 0 Å². The second kappa shape index (κ2) is 9.42. The van der Waals surface area contributed by atoms with Gasteiger partial charge < -0.3 is 10.6 Å². The van der Waals surface area contributed by atoms with Crippen LogP contribution < -0.4 is 5.73 Å². The van der Waals surface area contributed by atoms with Crippen LogP contribution in [0.3, 0.4) is 0 Å². The summed E-state index contributed by atoms with van der Waals surface area (Å²) in [4.78, 5) is 6.69. The fourth-order valence-corrected chi connectivity index (χ4v) is 3.02. The normalized spacial score (nSPS) is 14.5. The molecule has 0 aliphatic carbocycles. The number of nitriles is 1. The number of piperidine rings is 1. The molecule has 1 saturated heterocycles. The lowest BCUT2D eigenvalue weighted by molar-refractivity contribution is 0.338. The van der Waals surface area contributed by atoms with Crippen molar-refractivity contribution in [3.63, 3.8) is 0 Å². The molecule has 2 aromatic carbocycles. The molecule has 5 heteroatoms. The van der Waals surface area contributed by atoms with Crippen LogP contribution >= 0.6 is 24.0 Å². The minimum Gasteiger partial charge on any atom is -0.370 e. The summed E-state index contributed by atoms with van der Waals surface area (Å²) < 4.78 is 0. The van der Waals surface area contributed by atoms with Crippen LogP contribution in [0.5, 0.6) is 0 Å². The van der Waals surface area contributed by atoms with Gasteiger partial charge in [-0.1, -0.05) is 42.5 Å². The van der Waals surface area contributed by atoms with Gasteiger partial charge in [-0.05, 0) is 42.0 Å². The van der Waals surface area contributed by atoms with Gasteiger partial charge >= 0.3 is 0 Å². The van der Waals surface area contributed by atoms with E-state index in [2.05, 4.69) is 28.1 Å². The monoisotopic (exact) mass is 446 g/mol. The number of rotatable bonds is 3. The second-order valence-corrected chi connectivity index (χ2v) is 6.08. The summed E-state index contributed by atoms with van der Waals surface area (Å²) in [5.74, 6) is 0.647. The van der Waals surface area contributed by atoms with Crippen LogP contribution in [0.1, 0.15) is 30.4 Å². The van der Waals surface area contributed by atoms with Crippen molar-refractivity contribution in [1.82, 2.24) is 4.90 Å². The van der Waals surface area contributed by atoms with Crippen molar-refractivity contribution < 1.29 is 0 Å². The fraction of sp³-hybridized carbons (Fsp3) is 0.300. The van der Waals surface area contributed by atoms with Crippen LogP contribution in [0, 0.1) is 11.3 Å². The Hall–Kier alpha value is -2.07. The van der Waals surface area contributed by atoms with Crippen LogP contribution in [0.25, 0.3) is 11.1 Å². The zero-order chi connectivity index (χ0) is 16.8. The molecular formula is C20H23IN4. The first-order chi connectivity index (χ1) is 11.8. The van der Waals surface area contributed by atoms with Gasteiger partial charge in [0, 0.05) is 13.1 Å².